The van der Waals surface area contributed by atoms with Gasteiger partial charge in [0.05, 0.1) is 5.69 Å². The summed E-state index contributed by atoms with van der Waals surface area (Å²) < 4.78 is 7.45. The quantitative estimate of drug-likeness (QED) is 0.669. The molecule has 1 fully saturated rings. The third-order valence-corrected chi connectivity index (χ3v) is 5.51. The number of hydrogen-bond acceptors (Lipinski definition) is 4. The van der Waals surface area contributed by atoms with E-state index in [0.29, 0.717) is 43.3 Å². The second-order valence-electron chi connectivity index (χ2n) is 7.83. The highest BCUT2D eigenvalue weighted by Gasteiger charge is 2.27. The van der Waals surface area contributed by atoms with Gasteiger partial charge in [-0.2, -0.15) is 5.10 Å². The number of aromatic nitrogens is 2. The van der Waals surface area contributed by atoms with Crippen molar-refractivity contribution < 1.29 is 14.0 Å². The number of amides is 2. The molecule has 7 heteroatoms. The van der Waals surface area contributed by atoms with Gasteiger partial charge in [0.2, 0.25) is 5.91 Å². The molecular formula is C23H26N4O3. The Labute approximate surface area is 175 Å². The van der Waals surface area contributed by atoms with E-state index >= 15 is 0 Å². The minimum absolute atomic E-state index is 0.0397. The normalized spacial score (nSPS) is 14.3. The van der Waals surface area contributed by atoms with E-state index < -0.39 is 0 Å². The number of carbonyl (C=O) groups excluding carboxylic acids is 2. The first-order valence-electron chi connectivity index (χ1n) is 10.1. The summed E-state index contributed by atoms with van der Waals surface area (Å²) in [4.78, 5) is 28.6. The zero-order valence-corrected chi connectivity index (χ0v) is 17.8. The van der Waals surface area contributed by atoms with Crippen LogP contribution in [0.5, 0.6) is 0 Å². The fourth-order valence-corrected chi connectivity index (χ4v) is 3.84. The molecule has 0 N–H and O–H groups in total. The molecule has 0 bridgehead atoms. The molecule has 2 aromatic heterocycles. The van der Waals surface area contributed by atoms with Gasteiger partial charge in [0.25, 0.3) is 5.91 Å². The van der Waals surface area contributed by atoms with Crippen molar-refractivity contribution in [2.45, 2.75) is 27.7 Å². The molecule has 0 saturated carbocycles. The number of aryl methyl sites for hydroxylation is 3. The number of nitrogens with zero attached hydrogens (tertiary/aromatic N) is 4. The number of carbonyl (C=O) groups is 2. The minimum atomic E-state index is -0.0970. The maximum atomic E-state index is 13.4. The molecule has 30 heavy (non-hydrogen) atoms. The highest BCUT2D eigenvalue weighted by molar-refractivity contribution is 5.94. The van der Waals surface area contributed by atoms with Crippen LogP contribution in [0, 0.1) is 20.8 Å². The van der Waals surface area contributed by atoms with Crippen LogP contribution in [0.15, 0.2) is 40.8 Å². The van der Waals surface area contributed by atoms with Crippen LogP contribution < -0.4 is 0 Å². The average Bonchev–Trinajstić information content (AvgIpc) is 3.34. The van der Waals surface area contributed by atoms with Crippen molar-refractivity contribution in [2.75, 3.05) is 26.2 Å². The molecule has 7 nitrogen and oxygen atoms in total. The SMILES string of the molecule is CC(=O)N1CCN(C(=O)c2cc(-c3ccc(C)o3)nn2-c2ccc(C)cc2C)CC1. The lowest BCUT2D eigenvalue weighted by Crippen LogP contribution is -2.50. The lowest BCUT2D eigenvalue weighted by molar-refractivity contribution is -0.130. The maximum Gasteiger partial charge on any atom is 0.272 e. The molecule has 0 atom stereocenters. The number of hydrogen-bond donors (Lipinski definition) is 0. The second-order valence-corrected chi connectivity index (χ2v) is 7.83. The summed E-state index contributed by atoms with van der Waals surface area (Å²) in [5, 5.41) is 4.72. The van der Waals surface area contributed by atoms with Crippen LogP contribution in [0.2, 0.25) is 0 Å². The monoisotopic (exact) mass is 406 g/mol. The first-order valence-corrected chi connectivity index (χ1v) is 10.1. The van der Waals surface area contributed by atoms with Gasteiger partial charge in [0.1, 0.15) is 17.1 Å². The van der Waals surface area contributed by atoms with Crippen LogP contribution >= 0.6 is 0 Å². The van der Waals surface area contributed by atoms with Gasteiger partial charge < -0.3 is 14.2 Å². The fourth-order valence-electron chi connectivity index (χ4n) is 3.84. The van der Waals surface area contributed by atoms with E-state index in [2.05, 4.69) is 6.07 Å². The third kappa shape index (κ3) is 3.75. The summed E-state index contributed by atoms with van der Waals surface area (Å²) in [5.74, 6) is 1.36. The van der Waals surface area contributed by atoms with Crippen LogP contribution in [0.3, 0.4) is 0 Å². The number of piperazine rings is 1. The molecule has 0 radical (unpaired) electrons. The largest absolute Gasteiger partial charge is 0.460 e. The summed E-state index contributed by atoms with van der Waals surface area (Å²) in [7, 11) is 0. The smallest absolute Gasteiger partial charge is 0.272 e. The Bertz CT molecular complexity index is 1100. The number of benzene rings is 1. The summed E-state index contributed by atoms with van der Waals surface area (Å²) in [5.41, 5.74) is 4.16. The van der Waals surface area contributed by atoms with Crippen LogP contribution in [0.4, 0.5) is 0 Å². The molecule has 1 aliphatic heterocycles. The second kappa shape index (κ2) is 7.82. The zero-order valence-electron chi connectivity index (χ0n) is 17.8. The summed E-state index contributed by atoms with van der Waals surface area (Å²) >= 11 is 0. The van der Waals surface area contributed by atoms with Gasteiger partial charge in [0.15, 0.2) is 5.76 Å². The van der Waals surface area contributed by atoms with Crippen LogP contribution in [-0.4, -0.2) is 57.6 Å². The van der Waals surface area contributed by atoms with Gasteiger partial charge in [-0.25, -0.2) is 4.68 Å². The van der Waals surface area contributed by atoms with Crippen LogP contribution in [0.1, 0.15) is 34.3 Å². The lowest BCUT2D eigenvalue weighted by Gasteiger charge is -2.34. The van der Waals surface area contributed by atoms with Gasteiger partial charge in [-0.1, -0.05) is 17.7 Å². The van der Waals surface area contributed by atoms with Gasteiger partial charge in [-0.3, -0.25) is 9.59 Å². The molecule has 2 amide bonds. The molecule has 0 aliphatic carbocycles. The van der Waals surface area contributed by atoms with E-state index in [4.69, 9.17) is 9.52 Å². The Morgan fingerprint density at radius 3 is 2.23 bits per heavy atom. The van der Waals surface area contributed by atoms with E-state index in [1.54, 1.807) is 27.5 Å². The third-order valence-electron chi connectivity index (χ3n) is 5.51. The minimum Gasteiger partial charge on any atom is -0.460 e. The van der Waals surface area contributed by atoms with Crippen LogP contribution in [-0.2, 0) is 4.79 Å². The highest BCUT2D eigenvalue weighted by Crippen LogP contribution is 2.26. The lowest BCUT2D eigenvalue weighted by atomic mass is 10.1. The predicted molar refractivity (Wildman–Crippen MR) is 114 cm³/mol. The molecule has 1 aromatic carbocycles. The van der Waals surface area contributed by atoms with E-state index in [1.165, 1.54) is 0 Å². The van der Waals surface area contributed by atoms with Gasteiger partial charge in [0, 0.05) is 39.2 Å². The van der Waals surface area contributed by atoms with Crippen LogP contribution in [0.25, 0.3) is 17.1 Å². The molecule has 0 unspecified atom stereocenters. The van der Waals surface area contributed by atoms with Crippen molar-refractivity contribution in [2.24, 2.45) is 0 Å². The van der Waals surface area contributed by atoms with E-state index in [1.807, 2.05) is 45.0 Å². The van der Waals surface area contributed by atoms with Gasteiger partial charge in [-0.15, -0.1) is 0 Å². The van der Waals surface area contributed by atoms with Crippen molar-refractivity contribution in [3.8, 4) is 17.1 Å². The average molecular weight is 406 g/mol. The number of furan rings is 1. The van der Waals surface area contributed by atoms with E-state index in [0.717, 1.165) is 22.6 Å². The molecule has 156 valence electrons. The summed E-state index contributed by atoms with van der Waals surface area (Å²) in [6.07, 6.45) is 0. The van der Waals surface area contributed by atoms with Crippen molar-refractivity contribution >= 4 is 11.8 Å². The van der Waals surface area contributed by atoms with Crippen molar-refractivity contribution in [1.29, 1.82) is 0 Å². The van der Waals surface area contributed by atoms with E-state index in [9.17, 15) is 9.59 Å². The fraction of sp³-hybridized carbons (Fsp3) is 0.348. The zero-order chi connectivity index (χ0) is 21.4. The Balaban J connectivity index is 1.73. The first kappa shape index (κ1) is 19.9. The summed E-state index contributed by atoms with van der Waals surface area (Å²) in [6.45, 7) is 9.59. The van der Waals surface area contributed by atoms with Crippen molar-refractivity contribution in [3.63, 3.8) is 0 Å². The topological polar surface area (TPSA) is 71.6 Å². The Morgan fingerprint density at radius 1 is 0.933 bits per heavy atom. The maximum absolute atomic E-state index is 13.4. The number of rotatable bonds is 3. The molecule has 3 aromatic rings. The van der Waals surface area contributed by atoms with Crippen molar-refractivity contribution in [3.05, 3.63) is 59.0 Å². The molecule has 1 saturated heterocycles. The molecule has 3 heterocycles. The first-order chi connectivity index (χ1) is 14.3. The molecular weight excluding hydrogens is 380 g/mol. The van der Waals surface area contributed by atoms with Gasteiger partial charge >= 0.3 is 0 Å². The van der Waals surface area contributed by atoms with Gasteiger partial charge in [-0.05, 0) is 44.5 Å². The Hall–Kier alpha value is -3.35. The van der Waals surface area contributed by atoms with E-state index in [-0.39, 0.29) is 11.8 Å². The predicted octanol–water partition coefficient (Wildman–Crippen LogP) is 3.36. The molecule has 0 spiro atoms. The standard InChI is InChI=1S/C23H26N4O3/c1-15-5-7-20(16(2)13-15)27-21(14-19(24-27)22-8-6-17(3)30-22)23(29)26-11-9-25(10-12-26)18(4)28/h5-8,13-14H,9-12H2,1-4H3. The Morgan fingerprint density at radius 2 is 1.63 bits per heavy atom. The highest BCUT2D eigenvalue weighted by atomic mass is 16.3. The summed E-state index contributed by atoms with van der Waals surface area (Å²) in [6, 6.07) is 11.6. The molecule has 1 aliphatic rings. The van der Waals surface area contributed by atoms with Crippen molar-refractivity contribution in [1.82, 2.24) is 19.6 Å². The molecule has 4 rings (SSSR count). The Kier molecular flexibility index (Phi) is 5.20.